The molecule has 1 fully saturated rings. The van der Waals surface area contributed by atoms with Crippen molar-refractivity contribution in [3.63, 3.8) is 0 Å². The molecule has 2 heterocycles. The van der Waals surface area contributed by atoms with Gasteiger partial charge in [0.25, 0.3) is 0 Å². The molecule has 0 aliphatic carbocycles. The van der Waals surface area contributed by atoms with Gasteiger partial charge in [0.05, 0.1) is 19.9 Å². The van der Waals surface area contributed by atoms with Gasteiger partial charge in [0, 0.05) is 37.6 Å². The Morgan fingerprint density at radius 2 is 1.42 bits per heavy atom. The Morgan fingerprint density at radius 1 is 0.909 bits per heavy atom. The molecule has 9 heteroatoms. The van der Waals surface area contributed by atoms with Crippen molar-refractivity contribution in [3.8, 4) is 11.4 Å². The normalized spacial score (nSPS) is 14.8. The molecule has 33 heavy (non-hydrogen) atoms. The third-order valence-corrected chi connectivity index (χ3v) is 6.06. The number of carbonyl (C=O) groups excluding carboxylic acids is 1. The molecule has 3 aromatic rings. The Balaban J connectivity index is 1.43. The maximum Gasteiger partial charge on any atom is 0.351 e. The lowest BCUT2D eigenvalue weighted by atomic mass is 10.2. The van der Waals surface area contributed by atoms with Crippen LogP contribution in [0.1, 0.15) is 19.4 Å². The molecule has 9 nitrogen and oxygen atoms in total. The highest BCUT2D eigenvalue weighted by atomic mass is 16.5. The molecule has 1 atom stereocenters. The first-order valence-corrected chi connectivity index (χ1v) is 11.0. The summed E-state index contributed by atoms with van der Waals surface area (Å²) >= 11 is 0. The van der Waals surface area contributed by atoms with Gasteiger partial charge in [0.1, 0.15) is 12.1 Å². The van der Waals surface area contributed by atoms with Crippen LogP contribution in [0, 0.1) is 0 Å². The summed E-state index contributed by atoms with van der Waals surface area (Å²) in [7, 11) is 2.98. The Labute approximate surface area is 192 Å². The van der Waals surface area contributed by atoms with Crippen molar-refractivity contribution in [2.24, 2.45) is 0 Å². The molecule has 1 aromatic heterocycles. The Hall–Kier alpha value is -3.75. The molecule has 0 N–H and O–H groups in total. The number of ether oxygens (including phenoxy) is 2. The molecule has 0 radical (unpaired) electrons. The average Bonchev–Trinajstić information content (AvgIpc) is 3.25. The number of anilines is 2. The highest BCUT2D eigenvalue weighted by Gasteiger charge is 2.24. The molecule has 0 spiro atoms. The maximum atomic E-state index is 12.8. The molecule has 0 amide bonds. The molecule has 0 saturated carbocycles. The van der Waals surface area contributed by atoms with Crippen molar-refractivity contribution in [2.45, 2.75) is 19.4 Å². The average molecular weight is 452 g/mol. The Bertz CT molecular complexity index is 1130. The summed E-state index contributed by atoms with van der Waals surface area (Å²) in [4.78, 5) is 29.5. The van der Waals surface area contributed by atoms with E-state index >= 15 is 0 Å². The van der Waals surface area contributed by atoms with E-state index in [9.17, 15) is 9.59 Å². The van der Waals surface area contributed by atoms with Crippen molar-refractivity contribution in [3.05, 3.63) is 65.3 Å². The van der Waals surface area contributed by atoms with Crippen molar-refractivity contribution in [1.29, 1.82) is 0 Å². The summed E-state index contributed by atoms with van der Waals surface area (Å²) in [6, 6.07) is 15.2. The fourth-order valence-corrected chi connectivity index (χ4v) is 4.12. The molecular weight excluding hydrogens is 422 g/mol. The number of aromatic nitrogens is 3. The first-order valence-electron chi connectivity index (χ1n) is 11.0. The maximum absolute atomic E-state index is 12.8. The van der Waals surface area contributed by atoms with Crippen LogP contribution in [0.2, 0.25) is 0 Å². The van der Waals surface area contributed by atoms with Gasteiger partial charge in [0.2, 0.25) is 0 Å². The lowest BCUT2D eigenvalue weighted by Gasteiger charge is -2.37. The zero-order chi connectivity index (χ0) is 23.4. The van der Waals surface area contributed by atoms with Crippen molar-refractivity contribution < 1.29 is 14.3 Å². The van der Waals surface area contributed by atoms with E-state index in [4.69, 9.17) is 9.47 Å². The van der Waals surface area contributed by atoms with Crippen LogP contribution in [0.25, 0.3) is 5.69 Å². The van der Waals surface area contributed by atoms with Gasteiger partial charge in [-0.25, -0.2) is 14.2 Å². The van der Waals surface area contributed by atoms with E-state index in [2.05, 4.69) is 27.0 Å². The van der Waals surface area contributed by atoms with Gasteiger partial charge < -0.3 is 19.3 Å². The van der Waals surface area contributed by atoms with Crippen LogP contribution in [0.4, 0.5) is 11.4 Å². The Kier molecular flexibility index (Phi) is 6.67. The summed E-state index contributed by atoms with van der Waals surface area (Å²) in [5, 5.41) is 4.14. The third kappa shape index (κ3) is 4.57. The molecule has 1 aliphatic rings. The summed E-state index contributed by atoms with van der Waals surface area (Å²) in [6.45, 7) is 5.47. The van der Waals surface area contributed by atoms with Crippen LogP contribution in [-0.4, -0.2) is 60.7 Å². The molecule has 2 aromatic carbocycles. The van der Waals surface area contributed by atoms with E-state index < -0.39 is 12.0 Å². The van der Waals surface area contributed by atoms with Crippen molar-refractivity contribution in [1.82, 2.24) is 14.3 Å². The fourth-order valence-electron chi connectivity index (χ4n) is 4.12. The number of hydrogen-bond acceptors (Lipinski definition) is 7. The van der Waals surface area contributed by atoms with Crippen molar-refractivity contribution in [2.75, 3.05) is 50.2 Å². The van der Waals surface area contributed by atoms with Crippen LogP contribution in [0.3, 0.4) is 0 Å². The number of rotatable bonds is 7. The summed E-state index contributed by atoms with van der Waals surface area (Å²) in [5.41, 5.74) is 2.63. The second-order valence-electron chi connectivity index (χ2n) is 7.86. The van der Waals surface area contributed by atoms with Crippen LogP contribution in [0.5, 0.6) is 5.75 Å². The lowest BCUT2D eigenvalue weighted by molar-refractivity contribution is -0.145. The number of hydrogen-bond donors (Lipinski definition) is 0. The summed E-state index contributed by atoms with van der Waals surface area (Å²) in [6.07, 6.45) is 1.86. The summed E-state index contributed by atoms with van der Waals surface area (Å²) in [5.74, 6) is 0.381. The molecule has 174 valence electrons. The van der Waals surface area contributed by atoms with Crippen LogP contribution in [0.15, 0.2) is 59.7 Å². The topological polar surface area (TPSA) is 81.8 Å². The van der Waals surface area contributed by atoms with Gasteiger partial charge >= 0.3 is 11.7 Å². The molecule has 0 bridgehead atoms. The zero-order valence-electron chi connectivity index (χ0n) is 19.2. The van der Waals surface area contributed by atoms with Gasteiger partial charge in [-0.3, -0.25) is 0 Å². The number of benzene rings is 2. The van der Waals surface area contributed by atoms with E-state index in [-0.39, 0.29) is 5.69 Å². The van der Waals surface area contributed by atoms with E-state index in [1.165, 1.54) is 28.4 Å². The standard InChI is InChI=1S/C24H29N5O4/c1-4-22(23(30)33-3)29-24(31)28(17-25-29)20-7-5-18(6-8-20)26-13-15-27(16-14-26)19-9-11-21(32-2)12-10-19/h5-12,17,22H,4,13-16H2,1-3H3. The highest BCUT2D eigenvalue weighted by molar-refractivity contribution is 5.73. The number of nitrogens with zero attached hydrogens (tertiary/aromatic N) is 5. The smallest absolute Gasteiger partial charge is 0.351 e. The first-order chi connectivity index (χ1) is 16.0. The second kappa shape index (κ2) is 9.81. The minimum atomic E-state index is -0.731. The first kappa shape index (κ1) is 22.4. The summed E-state index contributed by atoms with van der Waals surface area (Å²) < 4.78 is 12.7. The number of esters is 1. The Morgan fingerprint density at radius 3 is 1.91 bits per heavy atom. The predicted octanol–water partition coefficient (Wildman–Crippen LogP) is 2.49. The van der Waals surface area contributed by atoms with Gasteiger partial charge in [-0.15, -0.1) is 0 Å². The van der Waals surface area contributed by atoms with E-state index in [1.807, 2.05) is 43.3 Å². The molecular formula is C24H29N5O4. The van der Waals surface area contributed by atoms with Crippen LogP contribution >= 0.6 is 0 Å². The highest BCUT2D eigenvalue weighted by Crippen LogP contribution is 2.23. The molecule has 1 unspecified atom stereocenters. The monoisotopic (exact) mass is 451 g/mol. The SMILES string of the molecule is CCC(C(=O)OC)n1ncn(-c2ccc(N3CCN(c4ccc(OC)cc4)CC3)cc2)c1=O. The van der Waals surface area contributed by atoms with E-state index in [1.54, 1.807) is 7.11 Å². The van der Waals surface area contributed by atoms with Gasteiger partial charge in [-0.05, 0) is 55.0 Å². The van der Waals surface area contributed by atoms with Crippen molar-refractivity contribution >= 4 is 17.3 Å². The number of methoxy groups -OCH3 is 2. The molecule has 4 rings (SSSR count). The molecule has 1 aliphatic heterocycles. The van der Waals surface area contributed by atoms with Crippen LogP contribution < -0.4 is 20.2 Å². The second-order valence-corrected chi connectivity index (χ2v) is 7.86. The third-order valence-electron chi connectivity index (χ3n) is 6.06. The largest absolute Gasteiger partial charge is 0.497 e. The number of carbonyl (C=O) groups is 1. The minimum Gasteiger partial charge on any atom is -0.497 e. The fraction of sp³-hybridized carbons (Fsp3) is 0.375. The predicted molar refractivity (Wildman–Crippen MR) is 127 cm³/mol. The number of piperazine rings is 1. The molecule has 1 saturated heterocycles. The minimum absolute atomic E-state index is 0.367. The van der Waals surface area contributed by atoms with E-state index in [0.29, 0.717) is 12.1 Å². The lowest BCUT2D eigenvalue weighted by Crippen LogP contribution is -2.46. The van der Waals surface area contributed by atoms with Gasteiger partial charge in [-0.2, -0.15) is 9.78 Å². The quantitative estimate of drug-likeness (QED) is 0.511. The zero-order valence-corrected chi connectivity index (χ0v) is 19.2. The van der Waals surface area contributed by atoms with Gasteiger partial charge in [0.15, 0.2) is 6.04 Å². The van der Waals surface area contributed by atoms with E-state index in [0.717, 1.165) is 37.6 Å². The van der Waals surface area contributed by atoms with Gasteiger partial charge in [-0.1, -0.05) is 6.92 Å². The van der Waals surface area contributed by atoms with Crippen LogP contribution in [-0.2, 0) is 9.53 Å².